The number of thiazole rings is 1. The molecule has 0 saturated heterocycles. The number of hydrogen-bond acceptors (Lipinski definition) is 5. The summed E-state index contributed by atoms with van der Waals surface area (Å²) in [4.78, 5) is 12.8. The highest BCUT2D eigenvalue weighted by atomic mass is 32.1. The van der Waals surface area contributed by atoms with Crippen LogP contribution in [0.4, 0.5) is 0 Å². The minimum absolute atomic E-state index is 0.797. The predicted octanol–water partition coefficient (Wildman–Crippen LogP) is 2.30. The fourth-order valence-electron chi connectivity index (χ4n) is 2.54. The van der Waals surface area contributed by atoms with E-state index in [9.17, 15) is 0 Å². The summed E-state index contributed by atoms with van der Waals surface area (Å²) in [5, 5.41) is 1.13. The lowest BCUT2D eigenvalue weighted by Gasteiger charge is -2.25. The summed E-state index contributed by atoms with van der Waals surface area (Å²) in [6.07, 6.45) is 7.04. The van der Waals surface area contributed by atoms with Gasteiger partial charge in [0.2, 0.25) is 0 Å². The molecule has 0 amide bonds. The van der Waals surface area contributed by atoms with Crippen molar-refractivity contribution >= 4 is 11.3 Å². The fraction of sp³-hybridized carbons (Fsp3) is 0.467. The van der Waals surface area contributed by atoms with Gasteiger partial charge in [-0.2, -0.15) is 0 Å². The van der Waals surface area contributed by atoms with Gasteiger partial charge in [-0.15, -0.1) is 11.3 Å². The number of unbranched alkanes of at least 4 members (excludes halogenated alkanes) is 1. The number of pyridine rings is 1. The average Bonchev–Trinajstić information content (AvgIpc) is 2.92. The fourth-order valence-corrected chi connectivity index (χ4v) is 3.69. The molecule has 1 aliphatic rings. The van der Waals surface area contributed by atoms with Gasteiger partial charge in [0.05, 0.1) is 5.69 Å². The third-order valence-electron chi connectivity index (χ3n) is 3.67. The number of nitrogens with two attached hydrogens (primary N) is 1. The van der Waals surface area contributed by atoms with Crippen LogP contribution in [-0.4, -0.2) is 34.5 Å². The Morgan fingerprint density at radius 2 is 2.10 bits per heavy atom. The first-order valence-corrected chi connectivity index (χ1v) is 8.00. The topological polar surface area (TPSA) is 55.0 Å². The lowest BCUT2D eigenvalue weighted by Crippen LogP contribution is -2.31. The SMILES string of the molecule is NCCCCN1CCc2nc(-c3ccncc3)sc2C1. The summed E-state index contributed by atoms with van der Waals surface area (Å²) in [5.74, 6) is 0. The zero-order valence-electron chi connectivity index (χ0n) is 11.6. The number of nitrogens with zero attached hydrogens (tertiary/aromatic N) is 3. The molecule has 0 spiro atoms. The van der Waals surface area contributed by atoms with Gasteiger partial charge < -0.3 is 5.73 Å². The van der Waals surface area contributed by atoms with Gasteiger partial charge in [-0.05, 0) is 38.1 Å². The zero-order valence-corrected chi connectivity index (χ0v) is 12.4. The summed E-state index contributed by atoms with van der Waals surface area (Å²) in [5.41, 5.74) is 8.02. The quantitative estimate of drug-likeness (QED) is 0.858. The van der Waals surface area contributed by atoms with E-state index in [1.54, 1.807) is 0 Å². The summed E-state index contributed by atoms with van der Waals surface area (Å²) in [7, 11) is 0. The molecule has 2 N–H and O–H groups in total. The Balaban J connectivity index is 1.70. The molecular formula is C15H20N4S. The summed E-state index contributed by atoms with van der Waals surface area (Å²) in [6, 6.07) is 4.06. The third-order valence-corrected chi connectivity index (χ3v) is 4.80. The van der Waals surface area contributed by atoms with Crippen LogP contribution in [-0.2, 0) is 13.0 Å². The van der Waals surface area contributed by atoms with E-state index in [0.717, 1.165) is 44.0 Å². The van der Waals surface area contributed by atoms with E-state index in [4.69, 9.17) is 10.7 Å². The van der Waals surface area contributed by atoms with Crippen molar-refractivity contribution in [3.8, 4) is 10.6 Å². The lowest BCUT2D eigenvalue weighted by atomic mass is 10.1. The maximum Gasteiger partial charge on any atom is 0.124 e. The molecule has 0 atom stereocenters. The highest BCUT2D eigenvalue weighted by Gasteiger charge is 2.20. The summed E-state index contributed by atoms with van der Waals surface area (Å²) < 4.78 is 0. The van der Waals surface area contributed by atoms with Crippen LogP contribution in [0.3, 0.4) is 0 Å². The molecular weight excluding hydrogens is 268 g/mol. The molecule has 106 valence electrons. The van der Waals surface area contributed by atoms with Crippen LogP contribution in [0.5, 0.6) is 0 Å². The second-order valence-electron chi connectivity index (χ2n) is 5.15. The number of hydrogen-bond donors (Lipinski definition) is 1. The van der Waals surface area contributed by atoms with Crippen molar-refractivity contribution < 1.29 is 0 Å². The standard InChI is InChI=1S/C15H20N4S/c16-6-1-2-9-19-10-5-13-14(11-19)20-15(18-13)12-3-7-17-8-4-12/h3-4,7-8H,1-2,5-6,9-11,16H2. The molecule has 4 nitrogen and oxygen atoms in total. The van der Waals surface area contributed by atoms with Gasteiger partial charge in [0.1, 0.15) is 5.01 Å². The Morgan fingerprint density at radius 1 is 1.25 bits per heavy atom. The van der Waals surface area contributed by atoms with Crippen molar-refractivity contribution in [3.05, 3.63) is 35.1 Å². The zero-order chi connectivity index (χ0) is 13.8. The second-order valence-corrected chi connectivity index (χ2v) is 6.23. The van der Waals surface area contributed by atoms with Crippen LogP contribution in [0.1, 0.15) is 23.4 Å². The van der Waals surface area contributed by atoms with Crippen molar-refractivity contribution in [1.82, 2.24) is 14.9 Å². The van der Waals surface area contributed by atoms with E-state index in [1.165, 1.54) is 22.6 Å². The molecule has 0 unspecified atom stereocenters. The van der Waals surface area contributed by atoms with Crippen LogP contribution in [0, 0.1) is 0 Å². The molecule has 0 aromatic carbocycles. The van der Waals surface area contributed by atoms with E-state index >= 15 is 0 Å². The Kier molecular flexibility index (Phi) is 4.40. The Morgan fingerprint density at radius 3 is 2.90 bits per heavy atom. The van der Waals surface area contributed by atoms with Gasteiger partial charge in [0.15, 0.2) is 0 Å². The monoisotopic (exact) mass is 288 g/mol. The third kappa shape index (κ3) is 3.06. The predicted molar refractivity (Wildman–Crippen MR) is 82.6 cm³/mol. The Hall–Kier alpha value is -1.30. The molecule has 5 heteroatoms. The molecule has 3 heterocycles. The summed E-state index contributed by atoms with van der Waals surface area (Å²) in [6.45, 7) is 4.12. The first-order chi connectivity index (χ1) is 9.86. The lowest BCUT2D eigenvalue weighted by molar-refractivity contribution is 0.251. The van der Waals surface area contributed by atoms with Gasteiger partial charge in [-0.3, -0.25) is 9.88 Å². The van der Waals surface area contributed by atoms with Gasteiger partial charge in [0, 0.05) is 42.3 Å². The normalized spacial score (nSPS) is 15.2. The molecule has 0 aliphatic carbocycles. The Bertz CT molecular complexity index is 552. The molecule has 0 fully saturated rings. The smallest absolute Gasteiger partial charge is 0.124 e. The van der Waals surface area contributed by atoms with Crippen molar-refractivity contribution in [2.24, 2.45) is 5.73 Å². The number of fused-ring (bicyclic) bond motifs is 1. The summed E-state index contributed by atoms with van der Waals surface area (Å²) >= 11 is 1.83. The van der Waals surface area contributed by atoms with Gasteiger partial charge in [-0.1, -0.05) is 0 Å². The van der Waals surface area contributed by atoms with Gasteiger partial charge in [0.25, 0.3) is 0 Å². The van der Waals surface area contributed by atoms with E-state index in [-0.39, 0.29) is 0 Å². The molecule has 20 heavy (non-hydrogen) atoms. The second kappa shape index (κ2) is 6.43. The highest BCUT2D eigenvalue weighted by Crippen LogP contribution is 2.31. The molecule has 0 saturated carbocycles. The van der Waals surface area contributed by atoms with Crippen molar-refractivity contribution in [3.63, 3.8) is 0 Å². The van der Waals surface area contributed by atoms with Crippen molar-refractivity contribution in [2.45, 2.75) is 25.8 Å². The molecule has 0 radical (unpaired) electrons. The van der Waals surface area contributed by atoms with Crippen molar-refractivity contribution in [2.75, 3.05) is 19.6 Å². The minimum atomic E-state index is 0.797. The Labute approximate surface area is 123 Å². The van der Waals surface area contributed by atoms with Gasteiger partial charge >= 0.3 is 0 Å². The molecule has 1 aliphatic heterocycles. The highest BCUT2D eigenvalue weighted by molar-refractivity contribution is 7.15. The van der Waals surface area contributed by atoms with E-state index in [0.29, 0.717) is 0 Å². The van der Waals surface area contributed by atoms with Crippen LogP contribution in [0.15, 0.2) is 24.5 Å². The first-order valence-electron chi connectivity index (χ1n) is 7.18. The van der Waals surface area contributed by atoms with Crippen LogP contribution in [0.25, 0.3) is 10.6 Å². The van der Waals surface area contributed by atoms with E-state index in [2.05, 4.69) is 9.88 Å². The molecule has 0 bridgehead atoms. The van der Waals surface area contributed by atoms with Gasteiger partial charge in [-0.25, -0.2) is 4.98 Å². The van der Waals surface area contributed by atoms with Crippen LogP contribution in [0.2, 0.25) is 0 Å². The van der Waals surface area contributed by atoms with Crippen LogP contribution < -0.4 is 5.73 Å². The van der Waals surface area contributed by atoms with Crippen molar-refractivity contribution in [1.29, 1.82) is 0 Å². The number of aromatic nitrogens is 2. The van der Waals surface area contributed by atoms with E-state index < -0.39 is 0 Å². The molecule has 2 aromatic rings. The molecule has 2 aromatic heterocycles. The average molecular weight is 288 g/mol. The largest absolute Gasteiger partial charge is 0.330 e. The first kappa shape index (κ1) is 13.7. The van der Waals surface area contributed by atoms with E-state index in [1.807, 2.05) is 35.9 Å². The maximum atomic E-state index is 5.56. The van der Waals surface area contributed by atoms with Crippen LogP contribution >= 0.6 is 11.3 Å². The minimum Gasteiger partial charge on any atom is -0.330 e. The number of rotatable bonds is 5. The molecule has 3 rings (SSSR count). The maximum absolute atomic E-state index is 5.56.